The first-order valence-corrected chi connectivity index (χ1v) is 6.38. The molecule has 20 heavy (non-hydrogen) atoms. The van der Waals surface area contributed by atoms with Crippen LogP contribution in [0.3, 0.4) is 0 Å². The molecule has 3 rings (SSSR count). The van der Waals surface area contributed by atoms with Gasteiger partial charge < -0.3 is 14.4 Å². The predicted octanol–water partition coefficient (Wildman–Crippen LogP) is 0.955. The van der Waals surface area contributed by atoms with Crippen molar-refractivity contribution in [1.29, 1.82) is 0 Å². The molecule has 2 aromatic heterocycles. The number of hydrogen-bond acceptors (Lipinski definition) is 7. The fourth-order valence-corrected chi connectivity index (χ4v) is 2.23. The summed E-state index contributed by atoms with van der Waals surface area (Å²) in [5.41, 5.74) is 0.808. The SMILES string of the molecule is Cc1cc(Cc2nc(C3CNCCN3C)no2)no1.Cl. The Hall–Kier alpha value is -1.44. The van der Waals surface area contributed by atoms with Gasteiger partial charge in [-0.05, 0) is 14.0 Å². The topological polar surface area (TPSA) is 80.2 Å². The van der Waals surface area contributed by atoms with Crippen molar-refractivity contribution >= 4 is 12.4 Å². The van der Waals surface area contributed by atoms with Crippen LogP contribution in [0.2, 0.25) is 0 Å². The Kier molecular flexibility index (Phi) is 4.74. The van der Waals surface area contributed by atoms with Crippen molar-refractivity contribution in [2.75, 3.05) is 26.7 Å². The van der Waals surface area contributed by atoms with Gasteiger partial charge >= 0.3 is 0 Å². The fourth-order valence-electron chi connectivity index (χ4n) is 2.23. The highest BCUT2D eigenvalue weighted by Crippen LogP contribution is 2.18. The Labute approximate surface area is 123 Å². The maximum absolute atomic E-state index is 5.28. The third-order valence-electron chi connectivity index (χ3n) is 3.30. The van der Waals surface area contributed by atoms with E-state index in [4.69, 9.17) is 9.05 Å². The smallest absolute Gasteiger partial charge is 0.232 e. The summed E-state index contributed by atoms with van der Waals surface area (Å²) in [6.07, 6.45) is 0.508. The Bertz CT molecular complexity index is 556. The number of rotatable bonds is 3. The number of aromatic nitrogens is 3. The summed E-state index contributed by atoms with van der Waals surface area (Å²) in [4.78, 5) is 6.68. The lowest BCUT2D eigenvalue weighted by Gasteiger charge is -2.30. The molecule has 3 heterocycles. The Morgan fingerprint density at radius 2 is 2.25 bits per heavy atom. The van der Waals surface area contributed by atoms with Gasteiger partial charge in [0.2, 0.25) is 5.89 Å². The normalized spacial score (nSPS) is 19.8. The van der Waals surface area contributed by atoms with Gasteiger partial charge in [-0.1, -0.05) is 10.3 Å². The van der Waals surface area contributed by atoms with Crippen LogP contribution in [-0.2, 0) is 6.42 Å². The first-order chi connectivity index (χ1) is 9.22. The van der Waals surface area contributed by atoms with Crippen molar-refractivity contribution in [2.24, 2.45) is 0 Å². The van der Waals surface area contributed by atoms with E-state index in [0.717, 1.165) is 36.9 Å². The minimum absolute atomic E-state index is 0. The van der Waals surface area contributed by atoms with Crippen molar-refractivity contribution in [3.05, 3.63) is 29.2 Å². The van der Waals surface area contributed by atoms with E-state index in [1.54, 1.807) is 0 Å². The molecular formula is C12H18ClN5O2. The number of aryl methyl sites for hydroxylation is 1. The molecule has 0 aromatic carbocycles. The van der Waals surface area contributed by atoms with Gasteiger partial charge in [-0.2, -0.15) is 4.98 Å². The highest BCUT2D eigenvalue weighted by Gasteiger charge is 2.25. The molecule has 0 radical (unpaired) electrons. The standard InChI is InChI=1S/C12H17N5O2.ClH/c1-8-5-9(15-18-8)6-11-14-12(16-19-11)10-7-13-3-4-17(10)2;/h5,10,13H,3-4,6-7H2,1-2H3;1H. The number of nitrogens with zero attached hydrogens (tertiary/aromatic N) is 4. The van der Waals surface area contributed by atoms with Gasteiger partial charge in [0.15, 0.2) is 5.82 Å². The quantitative estimate of drug-likeness (QED) is 0.904. The molecule has 0 amide bonds. The van der Waals surface area contributed by atoms with Gasteiger partial charge in [0.25, 0.3) is 0 Å². The lowest BCUT2D eigenvalue weighted by molar-refractivity contribution is 0.190. The molecule has 1 aliphatic heterocycles. The Morgan fingerprint density at radius 1 is 1.40 bits per heavy atom. The van der Waals surface area contributed by atoms with E-state index in [-0.39, 0.29) is 18.4 Å². The van der Waals surface area contributed by atoms with E-state index in [0.29, 0.717) is 12.3 Å². The van der Waals surface area contributed by atoms with E-state index < -0.39 is 0 Å². The van der Waals surface area contributed by atoms with Crippen LogP contribution in [0.4, 0.5) is 0 Å². The van der Waals surface area contributed by atoms with Gasteiger partial charge in [-0.15, -0.1) is 12.4 Å². The van der Waals surface area contributed by atoms with Crippen molar-refractivity contribution < 1.29 is 9.05 Å². The molecule has 8 heteroatoms. The summed E-state index contributed by atoms with van der Waals surface area (Å²) >= 11 is 0. The molecule has 1 unspecified atom stereocenters. The summed E-state index contributed by atoms with van der Waals surface area (Å²) in [7, 11) is 2.07. The van der Waals surface area contributed by atoms with Crippen LogP contribution in [0.25, 0.3) is 0 Å². The van der Waals surface area contributed by atoms with Crippen molar-refractivity contribution in [1.82, 2.24) is 25.5 Å². The Balaban J connectivity index is 0.00000147. The monoisotopic (exact) mass is 299 g/mol. The maximum atomic E-state index is 5.28. The van der Waals surface area contributed by atoms with Crippen LogP contribution in [0, 0.1) is 6.92 Å². The van der Waals surface area contributed by atoms with E-state index in [2.05, 4.69) is 32.6 Å². The van der Waals surface area contributed by atoms with Crippen molar-refractivity contribution in [2.45, 2.75) is 19.4 Å². The summed E-state index contributed by atoms with van der Waals surface area (Å²) in [6.45, 7) is 4.68. The van der Waals surface area contributed by atoms with E-state index in [1.165, 1.54) is 0 Å². The second-order valence-electron chi connectivity index (χ2n) is 4.85. The van der Waals surface area contributed by atoms with Crippen LogP contribution in [-0.4, -0.2) is 46.9 Å². The zero-order chi connectivity index (χ0) is 13.2. The minimum atomic E-state index is 0. The molecule has 2 aromatic rings. The molecule has 1 atom stereocenters. The van der Waals surface area contributed by atoms with E-state index in [1.807, 2.05) is 13.0 Å². The zero-order valence-corrected chi connectivity index (χ0v) is 12.3. The van der Waals surface area contributed by atoms with Gasteiger partial charge in [0, 0.05) is 25.7 Å². The number of piperazine rings is 1. The van der Waals surface area contributed by atoms with Crippen LogP contribution < -0.4 is 5.32 Å². The molecule has 0 saturated carbocycles. The van der Waals surface area contributed by atoms with E-state index in [9.17, 15) is 0 Å². The van der Waals surface area contributed by atoms with E-state index >= 15 is 0 Å². The van der Waals surface area contributed by atoms with Gasteiger partial charge in [0.05, 0.1) is 18.2 Å². The second-order valence-corrected chi connectivity index (χ2v) is 4.85. The lowest BCUT2D eigenvalue weighted by atomic mass is 10.2. The number of nitrogens with one attached hydrogen (secondary N) is 1. The molecule has 0 spiro atoms. The van der Waals surface area contributed by atoms with Crippen molar-refractivity contribution in [3.63, 3.8) is 0 Å². The van der Waals surface area contributed by atoms with Crippen LogP contribution in [0.1, 0.15) is 29.2 Å². The molecule has 0 bridgehead atoms. The van der Waals surface area contributed by atoms with Gasteiger partial charge in [-0.25, -0.2) is 0 Å². The predicted molar refractivity (Wildman–Crippen MR) is 73.8 cm³/mol. The first-order valence-electron chi connectivity index (χ1n) is 6.38. The summed E-state index contributed by atoms with van der Waals surface area (Å²) in [6, 6.07) is 2.04. The second kappa shape index (κ2) is 6.34. The maximum Gasteiger partial charge on any atom is 0.232 e. The average Bonchev–Trinajstić information content (AvgIpc) is 3.00. The third kappa shape index (κ3) is 3.17. The van der Waals surface area contributed by atoms with Gasteiger partial charge in [0.1, 0.15) is 5.76 Å². The van der Waals surface area contributed by atoms with Gasteiger partial charge in [-0.3, -0.25) is 4.90 Å². The summed E-state index contributed by atoms with van der Waals surface area (Å²) in [5.74, 6) is 2.08. The molecule has 1 saturated heterocycles. The molecule has 1 fully saturated rings. The third-order valence-corrected chi connectivity index (χ3v) is 3.30. The van der Waals surface area contributed by atoms with Crippen LogP contribution >= 0.6 is 12.4 Å². The van der Waals surface area contributed by atoms with Crippen LogP contribution in [0.15, 0.2) is 15.1 Å². The first kappa shape index (κ1) is 15.0. The van der Waals surface area contributed by atoms with Crippen LogP contribution in [0.5, 0.6) is 0 Å². The lowest BCUT2D eigenvalue weighted by Crippen LogP contribution is -2.44. The zero-order valence-electron chi connectivity index (χ0n) is 11.5. The molecule has 110 valence electrons. The largest absolute Gasteiger partial charge is 0.361 e. The minimum Gasteiger partial charge on any atom is -0.361 e. The highest BCUT2D eigenvalue weighted by atomic mass is 35.5. The average molecular weight is 300 g/mol. The Morgan fingerprint density at radius 3 is 2.95 bits per heavy atom. The number of hydrogen-bond donors (Lipinski definition) is 1. The molecule has 1 aliphatic rings. The van der Waals surface area contributed by atoms with Crippen molar-refractivity contribution in [3.8, 4) is 0 Å². The molecular weight excluding hydrogens is 282 g/mol. The number of likely N-dealkylation sites (N-methyl/N-ethyl adjacent to an activating group) is 1. The summed E-state index contributed by atoms with van der Waals surface area (Å²) in [5, 5.41) is 11.3. The number of halogens is 1. The fraction of sp³-hybridized carbons (Fsp3) is 0.583. The molecule has 1 N–H and O–H groups in total. The highest BCUT2D eigenvalue weighted by molar-refractivity contribution is 5.85. The molecule has 7 nitrogen and oxygen atoms in total. The molecule has 0 aliphatic carbocycles. The summed E-state index contributed by atoms with van der Waals surface area (Å²) < 4.78 is 10.3.